The third kappa shape index (κ3) is 4.45. The molecule has 0 saturated carbocycles. The lowest BCUT2D eigenvalue weighted by molar-refractivity contribution is 0.0697. The molecule has 132 valence electrons. The molecule has 7 nitrogen and oxygen atoms in total. The monoisotopic (exact) mass is 341 g/mol. The van der Waals surface area contributed by atoms with Crippen molar-refractivity contribution in [1.29, 1.82) is 0 Å². The van der Waals surface area contributed by atoms with Crippen LogP contribution in [0.2, 0.25) is 0 Å². The molecular weight excluding hydrogens is 318 g/mol. The number of nitrogens with zero attached hydrogens (tertiary/aromatic N) is 4. The van der Waals surface area contributed by atoms with Crippen molar-refractivity contribution in [2.45, 2.75) is 13.5 Å². The van der Waals surface area contributed by atoms with E-state index < -0.39 is 5.97 Å². The molecule has 0 bridgehead atoms. The molecule has 1 aliphatic heterocycles. The van der Waals surface area contributed by atoms with Crippen LogP contribution in [0.5, 0.6) is 0 Å². The highest BCUT2D eigenvalue weighted by Gasteiger charge is 2.16. The van der Waals surface area contributed by atoms with Crippen LogP contribution < -0.4 is 10.2 Å². The second-order valence-electron chi connectivity index (χ2n) is 6.43. The second kappa shape index (κ2) is 7.48. The average Bonchev–Trinajstić information content (AvgIpc) is 2.61. The lowest BCUT2D eigenvalue weighted by atomic mass is 10.1. The standard InChI is InChI=1S/C18H23N5O2/c1-13-7-15(17(24)25)9-16(8-13)19-10-14-11-20-18(21-12-14)23-5-3-22(2)4-6-23/h7-9,11-12,19H,3-6,10H2,1-2H3,(H,24,25). The molecule has 0 radical (unpaired) electrons. The number of rotatable bonds is 5. The maximum Gasteiger partial charge on any atom is 0.335 e. The molecule has 1 fully saturated rings. The van der Waals surface area contributed by atoms with Crippen LogP contribution in [0.15, 0.2) is 30.6 Å². The van der Waals surface area contributed by atoms with Gasteiger partial charge in [0.05, 0.1) is 5.56 Å². The molecule has 25 heavy (non-hydrogen) atoms. The number of likely N-dealkylation sites (N-methyl/N-ethyl adjacent to an activating group) is 1. The first kappa shape index (κ1) is 17.2. The molecule has 2 heterocycles. The maximum absolute atomic E-state index is 11.1. The SMILES string of the molecule is Cc1cc(NCc2cnc(N3CCN(C)CC3)nc2)cc(C(=O)O)c1. The number of carbonyl (C=O) groups is 1. The van der Waals surface area contributed by atoms with E-state index in [0.717, 1.165) is 48.9 Å². The summed E-state index contributed by atoms with van der Waals surface area (Å²) in [5.41, 5.74) is 2.92. The van der Waals surface area contributed by atoms with Crippen LogP contribution in [-0.4, -0.2) is 59.2 Å². The van der Waals surface area contributed by atoms with Gasteiger partial charge in [-0.25, -0.2) is 14.8 Å². The van der Waals surface area contributed by atoms with E-state index in [2.05, 4.69) is 32.1 Å². The number of aryl methyl sites for hydroxylation is 1. The number of hydrogen-bond donors (Lipinski definition) is 2. The fraction of sp³-hybridized carbons (Fsp3) is 0.389. The quantitative estimate of drug-likeness (QED) is 0.859. The first-order chi connectivity index (χ1) is 12.0. The smallest absolute Gasteiger partial charge is 0.335 e. The predicted molar refractivity (Wildman–Crippen MR) is 97.2 cm³/mol. The van der Waals surface area contributed by atoms with Gasteiger partial charge in [0.1, 0.15) is 0 Å². The van der Waals surface area contributed by atoms with Crippen LogP contribution in [0.25, 0.3) is 0 Å². The summed E-state index contributed by atoms with van der Waals surface area (Å²) >= 11 is 0. The van der Waals surface area contributed by atoms with Crippen molar-refractivity contribution >= 4 is 17.6 Å². The zero-order chi connectivity index (χ0) is 17.8. The minimum atomic E-state index is -0.924. The Morgan fingerprint density at radius 3 is 2.48 bits per heavy atom. The zero-order valence-electron chi connectivity index (χ0n) is 14.6. The Balaban J connectivity index is 1.61. The van der Waals surface area contributed by atoms with E-state index in [-0.39, 0.29) is 5.56 Å². The number of carboxylic acids is 1. The fourth-order valence-electron chi connectivity index (χ4n) is 2.82. The number of anilines is 2. The van der Waals surface area contributed by atoms with Crippen LogP contribution >= 0.6 is 0 Å². The van der Waals surface area contributed by atoms with E-state index in [0.29, 0.717) is 6.54 Å². The number of carboxylic acid groups (broad SMARTS) is 1. The summed E-state index contributed by atoms with van der Waals surface area (Å²) < 4.78 is 0. The summed E-state index contributed by atoms with van der Waals surface area (Å²) in [6, 6.07) is 5.21. The van der Waals surface area contributed by atoms with Gasteiger partial charge in [-0.15, -0.1) is 0 Å². The maximum atomic E-state index is 11.1. The average molecular weight is 341 g/mol. The first-order valence-electron chi connectivity index (χ1n) is 8.34. The fourth-order valence-corrected chi connectivity index (χ4v) is 2.82. The Labute approximate surface area is 147 Å². The van der Waals surface area contributed by atoms with Gasteiger partial charge in [-0.05, 0) is 37.7 Å². The summed E-state index contributed by atoms with van der Waals surface area (Å²) in [4.78, 5) is 24.5. The largest absolute Gasteiger partial charge is 0.478 e. The molecule has 0 unspecified atom stereocenters. The zero-order valence-corrected chi connectivity index (χ0v) is 14.6. The van der Waals surface area contributed by atoms with E-state index in [1.54, 1.807) is 12.1 Å². The minimum absolute atomic E-state index is 0.282. The molecule has 1 aromatic carbocycles. The molecule has 2 aromatic rings. The molecule has 0 atom stereocenters. The van der Waals surface area contributed by atoms with Crippen molar-refractivity contribution in [2.24, 2.45) is 0 Å². The molecule has 0 spiro atoms. The Morgan fingerprint density at radius 2 is 1.84 bits per heavy atom. The van der Waals surface area contributed by atoms with Gasteiger partial charge in [-0.3, -0.25) is 0 Å². The topological polar surface area (TPSA) is 81.6 Å². The Bertz CT molecular complexity index is 740. The molecule has 1 aromatic heterocycles. The molecule has 0 amide bonds. The summed E-state index contributed by atoms with van der Waals surface area (Å²) in [7, 11) is 2.12. The lowest BCUT2D eigenvalue weighted by Gasteiger charge is -2.32. The van der Waals surface area contributed by atoms with Crippen molar-refractivity contribution in [1.82, 2.24) is 14.9 Å². The Kier molecular flexibility index (Phi) is 5.14. The molecule has 0 aliphatic carbocycles. The number of aromatic nitrogens is 2. The third-order valence-corrected chi connectivity index (χ3v) is 4.30. The van der Waals surface area contributed by atoms with Crippen molar-refractivity contribution < 1.29 is 9.90 Å². The van der Waals surface area contributed by atoms with Gasteiger partial charge < -0.3 is 20.2 Å². The number of aromatic carboxylic acids is 1. The van der Waals surface area contributed by atoms with Crippen LogP contribution in [-0.2, 0) is 6.54 Å². The number of nitrogens with one attached hydrogen (secondary N) is 1. The van der Waals surface area contributed by atoms with Gasteiger partial charge in [-0.2, -0.15) is 0 Å². The van der Waals surface area contributed by atoms with Gasteiger partial charge in [0.15, 0.2) is 0 Å². The van der Waals surface area contributed by atoms with Crippen LogP contribution in [0.3, 0.4) is 0 Å². The molecule has 1 aliphatic rings. The van der Waals surface area contributed by atoms with E-state index in [4.69, 9.17) is 5.11 Å². The molecule has 2 N–H and O–H groups in total. The van der Waals surface area contributed by atoms with Crippen LogP contribution in [0.4, 0.5) is 11.6 Å². The van der Waals surface area contributed by atoms with Crippen molar-refractivity contribution in [2.75, 3.05) is 43.4 Å². The van der Waals surface area contributed by atoms with Crippen molar-refractivity contribution in [3.8, 4) is 0 Å². The highest BCUT2D eigenvalue weighted by atomic mass is 16.4. The number of hydrogen-bond acceptors (Lipinski definition) is 6. The van der Waals surface area contributed by atoms with Crippen molar-refractivity contribution in [3.05, 3.63) is 47.3 Å². The van der Waals surface area contributed by atoms with Gasteiger partial charge in [-0.1, -0.05) is 0 Å². The van der Waals surface area contributed by atoms with E-state index in [1.807, 2.05) is 25.4 Å². The molecule has 3 rings (SSSR count). The predicted octanol–water partition coefficient (Wildman–Crippen LogP) is 1.85. The minimum Gasteiger partial charge on any atom is -0.478 e. The van der Waals surface area contributed by atoms with Gasteiger partial charge in [0, 0.05) is 56.4 Å². The van der Waals surface area contributed by atoms with E-state index in [1.165, 1.54) is 0 Å². The molecule has 7 heteroatoms. The molecular formula is C18H23N5O2. The first-order valence-corrected chi connectivity index (χ1v) is 8.34. The Hall–Kier alpha value is -2.67. The highest BCUT2D eigenvalue weighted by molar-refractivity contribution is 5.89. The summed E-state index contributed by atoms with van der Waals surface area (Å²) in [6.07, 6.45) is 3.64. The highest BCUT2D eigenvalue weighted by Crippen LogP contribution is 2.16. The lowest BCUT2D eigenvalue weighted by Crippen LogP contribution is -2.45. The Morgan fingerprint density at radius 1 is 1.16 bits per heavy atom. The van der Waals surface area contributed by atoms with E-state index >= 15 is 0 Å². The molecule has 1 saturated heterocycles. The van der Waals surface area contributed by atoms with Crippen LogP contribution in [0, 0.1) is 6.92 Å². The van der Waals surface area contributed by atoms with E-state index in [9.17, 15) is 4.79 Å². The van der Waals surface area contributed by atoms with Gasteiger partial charge >= 0.3 is 5.97 Å². The summed E-state index contributed by atoms with van der Waals surface area (Å²) in [5.74, 6) is -0.160. The van der Waals surface area contributed by atoms with Crippen molar-refractivity contribution in [3.63, 3.8) is 0 Å². The number of piperazine rings is 1. The summed E-state index contributed by atoms with van der Waals surface area (Å²) in [5, 5.41) is 12.4. The normalized spacial score (nSPS) is 15.2. The van der Waals surface area contributed by atoms with Gasteiger partial charge in [0.25, 0.3) is 0 Å². The summed E-state index contributed by atoms with van der Waals surface area (Å²) in [6.45, 7) is 6.35. The third-order valence-electron chi connectivity index (χ3n) is 4.30. The van der Waals surface area contributed by atoms with Crippen LogP contribution in [0.1, 0.15) is 21.5 Å². The second-order valence-corrected chi connectivity index (χ2v) is 6.43. The van der Waals surface area contributed by atoms with Gasteiger partial charge in [0.2, 0.25) is 5.95 Å². The number of benzene rings is 1.